The van der Waals surface area contributed by atoms with Crippen LogP contribution in [0.5, 0.6) is 11.5 Å². The van der Waals surface area contributed by atoms with E-state index < -0.39 is 5.97 Å². The standard InChI is InChI=1S/C20H19NO3/c1-2-3-4-5-14-23-18-12-8-17(9-13-18)20(22)24-19-10-6-16(15-21)7-11-19/h4-13H,2-3,14H2,1H3/b5-4+. The lowest BCUT2D eigenvalue weighted by atomic mass is 10.2. The topological polar surface area (TPSA) is 59.3 Å². The van der Waals surface area contributed by atoms with E-state index in [0.29, 0.717) is 29.2 Å². The molecule has 0 spiro atoms. The third-order valence-corrected chi connectivity index (χ3v) is 3.25. The minimum absolute atomic E-state index is 0.403. The Kier molecular flexibility index (Phi) is 6.60. The Labute approximate surface area is 141 Å². The zero-order valence-corrected chi connectivity index (χ0v) is 13.6. The van der Waals surface area contributed by atoms with Gasteiger partial charge in [0.15, 0.2) is 0 Å². The Hall–Kier alpha value is -3.06. The molecule has 0 aliphatic rings. The fourth-order valence-electron chi connectivity index (χ4n) is 1.95. The van der Waals surface area contributed by atoms with Crippen molar-refractivity contribution in [1.29, 1.82) is 5.26 Å². The van der Waals surface area contributed by atoms with Crippen LogP contribution in [0.3, 0.4) is 0 Å². The molecule has 0 amide bonds. The molecule has 0 saturated carbocycles. The fourth-order valence-corrected chi connectivity index (χ4v) is 1.95. The normalized spacial score (nSPS) is 10.3. The molecular weight excluding hydrogens is 302 g/mol. The first-order valence-electron chi connectivity index (χ1n) is 7.83. The first kappa shape index (κ1) is 17.3. The van der Waals surface area contributed by atoms with Gasteiger partial charge in [-0.1, -0.05) is 25.5 Å². The van der Waals surface area contributed by atoms with Gasteiger partial charge in [-0.3, -0.25) is 0 Å². The van der Waals surface area contributed by atoms with Gasteiger partial charge < -0.3 is 9.47 Å². The number of nitrogens with zero attached hydrogens (tertiary/aromatic N) is 1. The van der Waals surface area contributed by atoms with Crippen LogP contribution in [0.4, 0.5) is 0 Å². The first-order valence-corrected chi connectivity index (χ1v) is 7.83. The molecule has 0 aliphatic carbocycles. The minimum atomic E-state index is -0.450. The van der Waals surface area contributed by atoms with Crippen LogP contribution in [0.15, 0.2) is 60.7 Å². The number of ether oxygens (including phenoxy) is 2. The molecular formula is C20H19NO3. The predicted molar refractivity (Wildman–Crippen MR) is 92.1 cm³/mol. The molecule has 0 heterocycles. The molecule has 0 atom stereocenters. The van der Waals surface area contributed by atoms with E-state index in [1.165, 1.54) is 0 Å². The third-order valence-electron chi connectivity index (χ3n) is 3.25. The molecule has 2 rings (SSSR count). The van der Waals surface area contributed by atoms with Gasteiger partial charge in [0.25, 0.3) is 0 Å². The van der Waals surface area contributed by atoms with Gasteiger partial charge in [0.1, 0.15) is 18.1 Å². The van der Waals surface area contributed by atoms with Gasteiger partial charge in [-0.25, -0.2) is 4.79 Å². The SMILES string of the molecule is CCC/C=C/COc1ccc(C(=O)Oc2ccc(C#N)cc2)cc1. The number of nitriles is 1. The summed E-state index contributed by atoms with van der Waals surface area (Å²) in [6.45, 7) is 2.63. The fraction of sp³-hybridized carbons (Fsp3) is 0.200. The van der Waals surface area contributed by atoms with Crippen molar-refractivity contribution < 1.29 is 14.3 Å². The van der Waals surface area contributed by atoms with Crippen LogP contribution in [0.2, 0.25) is 0 Å². The van der Waals surface area contributed by atoms with E-state index in [2.05, 4.69) is 13.0 Å². The van der Waals surface area contributed by atoms with Gasteiger partial charge in [0.05, 0.1) is 17.2 Å². The van der Waals surface area contributed by atoms with Crippen LogP contribution in [0.25, 0.3) is 0 Å². The highest BCUT2D eigenvalue weighted by molar-refractivity contribution is 5.91. The summed E-state index contributed by atoms with van der Waals surface area (Å²) in [6, 6.07) is 15.2. The Morgan fingerprint density at radius 3 is 2.33 bits per heavy atom. The summed E-state index contributed by atoms with van der Waals surface area (Å²) in [5, 5.41) is 8.74. The van der Waals surface area contributed by atoms with Crippen molar-refractivity contribution in [1.82, 2.24) is 0 Å². The van der Waals surface area contributed by atoms with Crippen molar-refractivity contribution in [2.24, 2.45) is 0 Å². The zero-order valence-electron chi connectivity index (χ0n) is 13.6. The molecule has 0 aromatic heterocycles. The molecule has 0 unspecified atom stereocenters. The van der Waals surface area contributed by atoms with E-state index >= 15 is 0 Å². The molecule has 0 aliphatic heterocycles. The maximum Gasteiger partial charge on any atom is 0.343 e. The maximum atomic E-state index is 12.1. The number of allylic oxidation sites excluding steroid dienone is 1. The summed E-state index contributed by atoms with van der Waals surface area (Å²) in [5.74, 6) is 0.653. The van der Waals surface area contributed by atoms with E-state index in [1.807, 2.05) is 12.1 Å². The highest BCUT2D eigenvalue weighted by Crippen LogP contribution is 2.16. The molecule has 0 saturated heterocycles. The van der Waals surface area contributed by atoms with Gasteiger partial charge in [-0.2, -0.15) is 5.26 Å². The molecule has 4 heteroatoms. The number of rotatable bonds is 7. The van der Waals surface area contributed by atoms with E-state index in [0.717, 1.165) is 12.8 Å². The highest BCUT2D eigenvalue weighted by atomic mass is 16.5. The second-order valence-corrected chi connectivity index (χ2v) is 5.12. The maximum absolute atomic E-state index is 12.1. The smallest absolute Gasteiger partial charge is 0.343 e. The van der Waals surface area contributed by atoms with Gasteiger partial charge >= 0.3 is 5.97 Å². The van der Waals surface area contributed by atoms with E-state index in [4.69, 9.17) is 14.7 Å². The largest absolute Gasteiger partial charge is 0.490 e. The molecule has 24 heavy (non-hydrogen) atoms. The number of carbonyl (C=O) groups is 1. The molecule has 2 aromatic rings. The van der Waals surface area contributed by atoms with Gasteiger partial charge in [0.2, 0.25) is 0 Å². The lowest BCUT2D eigenvalue weighted by molar-refractivity contribution is 0.0734. The highest BCUT2D eigenvalue weighted by Gasteiger charge is 2.08. The lowest BCUT2D eigenvalue weighted by Gasteiger charge is -2.06. The summed E-state index contributed by atoms with van der Waals surface area (Å²) in [4.78, 5) is 12.1. The van der Waals surface area contributed by atoms with E-state index in [1.54, 1.807) is 48.5 Å². The average molecular weight is 321 g/mol. The number of benzene rings is 2. The van der Waals surface area contributed by atoms with Crippen LogP contribution >= 0.6 is 0 Å². The van der Waals surface area contributed by atoms with Gasteiger partial charge in [-0.05, 0) is 55.0 Å². The molecule has 0 fully saturated rings. The van der Waals surface area contributed by atoms with Crippen molar-refractivity contribution in [2.75, 3.05) is 6.61 Å². The van der Waals surface area contributed by atoms with Crippen LogP contribution in [0, 0.1) is 11.3 Å². The zero-order chi connectivity index (χ0) is 17.2. The summed E-state index contributed by atoms with van der Waals surface area (Å²) in [7, 11) is 0. The van der Waals surface area contributed by atoms with Crippen molar-refractivity contribution in [3.63, 3.8) is 0 Å². The quantitative estimate of drug-likeness (QED) is 0.427. The lowest BCUT2D eigenvalue weighted by Crippen LogP contribution is -2.08. The van der Waals surface area contributed by atoms with Crippen LogP contribution in [-0.2, 0) is 0 Å². The van der Waals surface area contributed by atoms with Gasteiger partial charge in [-0.15, -0.1) is 0 Å². The summed E-state index contributed by atoms with van der Waals surface area (Å²) in [5.41, 5.74) is 0.956. The Morgan fingerprint density at radius 1 is 1.04 bits per heavy atom. The minimum Gasteiger partial charge on any atom is -0.490 e. The van der Waals surface area contributed by atoms with E-state index in [-0.39, 0.29) is 0 Å². The Bertz CT molecular complexity index is 725. The summed E-state index contributed by atoms with van der Waals surface area (Å²) in [6.07, 6.45) is 6.23. The number of unbranched alkanes of at least 4 members (excludes halogenated alkanes) is 1. The summed E-state index contributed by atoms with van der Waals surface area (Å²) < 4.78 is 10.8. The van der Waals surface area contributed by atoms with Gasteiger partial charge in [0, 0.05) is 0 Å². The molecule has 2 aromatic carbocycles. The Balaban J connectivity index is 1.89. The van der Waals surface area contributed by atoms with Crippen molar-refractivity contribution in [2.45, 2.75) is 19.8 Å². The summed E-state index contributed by atoms with van der Waals surface area (Å²) >= 11 is 0. The van der Waals surface area contributed by atoms with Crippen molar-refractivity contribution in [3.05, 3.63) is 71.8 Å². The van der Waals surface area contributed by atoms with Crippen molar-refractivity contribution >= 4 is 5.97 Å². The second kappa shape index (κ2) is 9.16. The molecule has 4 nitrogen and oxygen atoms in total. The third kappa shape index (κ3) is 5.29. The monoisotopic (exact) mass is 321 g/mol. The number of hydrogen-bond acceptors (Lipinski definition) is 4. The predicted octanol–water partition coefficient (Wildman–Crippen LogP) is 4.51. The number of esters is 1. The van der Waals surface area contributed by atoms with Crippen LogP contribution < -0.4 is 9.47 Å². The van der Waals surface area contributed by atoms with Crippen LogP contribution in [-0.4, -0.2) is 12.6 Å². The molecule has 0 N–H and O–H groups in total. The Morgan fingerprint density at radius 2 is 1.71 bits per heavy atom. The molecule has 0 radical (unpaired) electrons. The van der Waals surface area contributed by atoms with Crippen molar-refractivity contribution in [3.8, 4) is 17.6 Å². The molecule has 122 valence electrons. The number of hydrogen-bond donors (Lipinski definition) is 0. The van der Waals surface area contributed by atoms with Crippen LogP contribution in [0.1, 0.15) is 35.7 Å². The first-order chi connectivity index (χ1) is 11.7. The van der Waals surface area contributed by atoms with E-state index in [9.17, 15) is 4.79 Å². The molecule has 0 bridgehead atoms. The number of carbonyl (C=O) groups excluding carboxylic acids is 1. The second-order valence-electron chi connectivity index (χ2n) is 5.12. The average Bonchev–Trinajstić information content (AvgIpc) is 2.62.